The molecule has 1 aromatic carbocycles. The zero-order valence-corrected chi connectivity index (χ0v) is 17.4. The van der Waals surface area contributed by atoms with Crippen LogP contribution in [0.1, 0.15) is 10.4 Å². The summed E-state index contributed by atoms with van der Waals surface area (Å²) in [4.78, 5) is 33.9. The molecule has 8 heteroatoms. The molecule has 0 unspecified atom stereocenters. The third-order valence-corrected chi connectivity index (χ3v) is 4.91. The smallest absolute Gasteiger partial charge is 0.253 e. The highest BCUT2D eigenvalue weighted by atomic mass is 16.5. The summed E-state index contributed by atoms with van der Waals surface area (Å²) in [5, 5.41) is 2.72. The zero-order valence-electron chi connectivity index (χ0n) is 17.4. The maximum atomic E-state index is 12.4. The molecule has 4 rings (SSSR count). The van der Waals surface area contributed by atoms with Gasteiger partial charge >= 0.3 is 0 Å². The molecule has 0 aliphatic heterocycles. The first-order chi connectivity index (χ1) is 15.0. The minimum absolute atomic E-state index is 0.0797. The van der Waals surface area contributed by atoms with Crippen LogP contribution in [0, 0.1) is 0 Å². The number of methoxy groups -OCH3 is 1. The number of pyridine rings is 2. The lowest BCUT2D eigenvalue weighted by atomic mass is 10.1. The van der Waals surface area contributed by atoms with Gasteiger partial charge in [0.1, 0.15) is 0 Å². The number of nitrogens with one attached hydrogen (secondary N) is 1. The lowest BCUT2D eigenvalue weighted by Gasteiger charge is -2.12. The second-order valence-corrected chi connectivity index (χ2v) is 7.11. The van der Waals surface area contributed by atoms with E-state index in [0.29, 0.717) is 29.2 Å². The summed E-state index contributed by atoms with van der Waals surface area (Å²) in [5.41, 5.74) is 5.06. The summed E-state index contributed by atoms with van der Waals surface area (Å²) < 4.78 is 7.03. The Kier molecular flexibility index (Phi) is 5.36. The van der Waals surface area contributed by atoms with E-state index in [-0.39, 0.29) is 5.91 Å². The molecule has 0 bridgehead atoms. The predicted octanol–water partition coefficient (Wildman–Crippen LogP) is 3.34. The van der Waals surface area contributed by atoms with Crippen LogP contribution in [0.5, 0.6) is 5.88 Å². The number of fused-ring (bicyclic) bond motifs is 1. The number of amides is 2. The molecule has 31 heavy (non-hydrogen) atoms. The van der Waals surface area contributed by atoms with Crippen LogP contribution < -0.4 is 10.1 Å². The Morgan fingerprint density at radius 1 is 1.06 bits per heavy atom. The predicted molar refractivity (Wildman–Crippen MR) is 118 cm³/mol. The second-order valence-electron chi connectivity index (χ2n) is 7.11. The number of rotatable bonds is 6. The van der Waals surface area contributed by atoms with Gasteiger partial charge in [-0.3, -0.25) is 14.0 Å². The monoisotopic (exact) mass is 415 g/mol. The summed E-state index contributed by atoms with van der Waals surface area (Å²) in [6, 6.07) is 12.9. The van der Waals surface area contributed by atoms with Crippen LogP contribution in [-0.4, -0.2) is 52.8 Å². The number of benzene rings is 1. The van der Waals surface area contributed by atoms with Crippen LogP contribution in [0.15, 0.2) is 61.1 Å². The average molecular weight is 415 g/mol. The van der Waals surface area contributed by atoms with E-state index in [9.17, 15) is 9.59 Å². The van der Waals surface area contributed by atoms with Gasteiger partial charge < -0.3 is 15.0 Å². The summed E-state index contributed by atoms with van der Waals surface area (Å²) >= 11 is 0. The van der Waals surface area contributed by atoms with E-state index in [2.05, 4.69) is 15.3 Å². The first-order valence-corrected chi connectivity index (χ1v) is 9.55. The van der Waals surface area contributed by atoms with Gasteiger partial charge in [-0.2, -0.15) is 0 Å². The Hall–Kier alpha value is -4.20. The standard InChI is InChI=1S/C23H21N5O3/c1-27(2)23(30)16-6-4-5-15(9-16)20-12-25-22-19(26-14-29)10-18(13-28(20)22)17-7-8-21(31-3)24-11-17/h4-14H,1-3H3,(H,26,29). The van der Waals surface area contributed by atoms with Gasteiger partial charge in [0.25, 0.3) is 5.91 Å². The minimum atomic E-state index is -0.0797. The molecule has 0 saturated carbocycles. The van der Waals surface area contributed by atoms with E-state index >= 15 is 0 Å². The van der Waals surface area contributed by atoms with Gasteiger partial charge in [-0.15, -0.1) is 0 Å². The van der Waals surface area contributed by atoms with E-state index in [0.717, 1.165) is 22.4 Å². The molecule has 3 aromatic heterocycles. The van der Waals surface area contributed by atoms with Crippen molar-refractivity contribution in [1.29, 1.82) is 0 Å². The number of imidazole rings is 1. The fourth-order valence-electron chi connectivity index (χ4n) is 3.37. The summed E-state index contributed by atoms with van der Waals surface area (Å²) in [6.45, 7) is 0. The van der Waals surface area contributed by atoms with Gasteiger partial charge in [-0.05, 0) is 24.3 Å². The van der Waals surface area contributed by atoms with E-state index in [4.69, 9.17) is 4.74 Å². The van der Waals surface area contributed by atoms with Crippen molar-refractivity contribution in [3.63, 3.8) is 0 Å². The van der Waals surface area contributed by atoms with E-state index in [1.807, 2.05) is 40.9 Å². The molecule has 156 valence electrons. The van der Waals surface area contributed by atoms with Crippen molar-refractivity contribution in [3.8, 4) is 28.3 Å². The van der Waals surface area contributed by atoms with Crippen LogP contribution in [0.2, 0.25) is 0 Å². The summed E-state index contributed by atoms with van der Waals surface area (Å²) in [6.07, 6.45) is 5.98. The number of anilines is 1. The fraction of sp³-hybridized carbons (Fsp3) is 0.130. The first-order valence-electron chi connectivity index (χ1n) is 9.55. The van der Waals surface area contributed by atoms with Gasteiger partial charge in [-0.1, -0.05) is 12.1 Å². The first kappa shape index (κ1) is 20.1. The van der Waals surface area contributed by atoms with Crippen molar-refractivity contribution in [1.82, 2.24) is 19.3 Å². The molecule has 2 amide bonds. The number of hydrogen-bond donors (Lipinski definition) is 1. The highest BCUT2D eigenvalue weighted by molar-refractivity contribution is 5.95. The van der Waals surface area contributed by atoms with Crippen LogP contribution >= 0.6 is 0 Å². The van der Waals surface area contributed by atoms with Crippen LogP contribution in [-0.2, 0) is 4.79 Å². The Morgan fingerprint density at radius 2 is 1.90 bits per heavy atom. The average Bonchev–Trinajstić information content (AvgIpc) is 3.23. The van der Waals surface area contributed by atoms with Gasteiger partial charge in [0.2, 0.25) is 12.3 Å². The normalized spacial score (nSPS) is 10.7. The molecule has 0 saturated heterocycles. The van der Waals surface area contributed by atoms with Gasteiger partial charge in [0.05, 0.1) is 24.7 Å². The highest BCUT2D eigenvalue weighted by Crippen LogP contribution is 2.30. The second kappa shape index (κ2) is 8.27. The Morgan fingerprint density at radius 3 is 2.58 bits per heavy atom. The third kappa shape index (κ3) is 3.83. The molecule has 0 aliphatic carbocycles. The largest absolute Gasteiger partial charge is 0.481 e. The Labute approximate surface area is 179 Å². The van der Waals surface area contributed by atoms with Gasteiger partial charge in [0.15, 0.2) is 5.65 Å². The van der Waals surface area contributed by atoms with Crippen molar-refractivity contribution in [2.75, 3.05) is 26.5 Å². The molecule has 4 aromatic rings. The fourth-order valence-corrected chi connectivity index (χ4v) is 3.37. The highest BCUT2D eigenvalue weighted by Gasteiger charge is 2.15. The number of carbonyl (C=O) groups excluding carboxylic acids is 2. The van der Waals surface area contributed by atoms with Crippen molar-refractivity contribution in [3.05, 3.63) is 66.6 Å². The number of ether oxygens (including phenoxy) is 1. The van der Waals surface area contributed by atoms with Gasteiger partial charge in [-0.25, -0.2) is 9.97 Å². The Bertz CT molecular complexity index is 1260. The number of aromatic nitrogens is 3. The number of nitrogens with zero attached hydrogens (tertiary/aromatic N) is 4. The van der Waals surface area contributed by atoms with Crippen LogP contribution in [0.25, 0.3) is 28.0 Å². The molecule has 8 nitrogen and oxygen atoms in total. The molecular formula is C23H21N5O3. The van der Waals surface area contributed by atoms with Crippen LogP contribution in [0.4, 0.5) is 5.69 Å². The SMILES string of the molecule is COc1ccc(-c2cc(NC=O)c3ncc(-c4cccc(C(=O)N(C)C)c4)n3c2)cn1. The van der Waals surface area contributed by atoms with E-state index < -0.39 is 0 Å². The third-order valence-electron chi connectivity index (χ3n) is 4.91. The number of carbonyl (C=O) groups is 2. The zero-order chi connectivity index (χ0) is 22.0. The molecule has 0 aliphatic rings. The van der Waals surface area contributed by atoms with Crippen molar-refractivity contribution in [2.24, 2.45) is 0 Å². The topological polar surface area (TPSA) is 88.8 Å². The Balaban J connectivity index is 1.88. The minimum Gasteiger partial charge on any atom is -0.481 e. The molecule has 0 atom stereocenters. The maximum absolute atomic E-state index is 12.4. The van der Waals surface area contributed by atoms with Crippen molar-refractivity contribution in [2.45, 2.75) is 0 Å². The van der Waals surface area contributed by atoms with Crippen molar-refractivity contribution >= 4 is 23.7 Å². The van der Waals surface area contributed by atoms with Crippen molar-refractivity contribution < 1.29 is 14.3 Å². The lowest BCUT2D eigenvalue weighted by molar-refractivity contribution is -0.105. The summed E-state index contributed by atoms with van der Waals surface area (Å²) in [5.74, 6) is 0.436. The quantitative estimate of drug-likeness (QED) is 0.488. The van der Waals surface area contributed by atoms with E-state index in [1.54, 1.807) is 45.7 Å². The molecule has 3 heterocycles. The lowest BCUT2D eigenvalue weighted by Crippen LogP contribution is -2.21. The van der Waals surface area contributed by atoms with Crippen LogP contribution in [0.3, 0.4) is 0 Å². The van der Waals surface area contributed by atoms with E-state index in [1.165, 1.54) is 4.90 Å². The molecule has 1 N–H and O–H groups in total. The molecular weight excluding hydrogens is 394 g/mol. The molecule has 0 radical (unpaired) electrons. The molecule has 0 fully saturated rings. The molecule has 0 spiro atoms. The summed E-state index contributed by atoms with van der Waals surface area (Å²) in [7, 11) is 5.00. The maximum Gasteiger partial charge on any atom is 0.253 e. The van der Waals surface area contributed by atoms with Gasteiger partial charge in [0, 0.05) is 54.8 Å². The number of hydrogen-bond acceptors (Lipinski definition) is 5.